The van der Waals surface area contributed by atoms with Gasteiger partial charge in [0.15, 0.2) is 0 Å². The number of aromatic nitrogens is 2. The maximum absolute atomic E-state index is 4.95. The van der Waals surface area contributed by atoms with Gasteiger partial charge < -0.3 is 4.57 Å². The summed E-state index contributed by atoms with van der Waals surface area (Å²) in [5, 5.41) is 0. The van der Waals surface area contributed by atoms with Crippen LogP contribution < -0.4 is 0 Å². The van der Waals surface area contributed by atoms with E-state index in [2.05, 4.69) is 32.3 Å². The van der Waals surface area contributed by atoms with E-state index in [0.717, 1.165) is 5.92 Å². The van der Waals surface area contributed by atoms with Gasteiger partial charge in [-0.05, 0) is 32.1 Å². The maximum atomic E-state index is 4.95. The third kappa shape index (κ3) is 1.28. The van der Waals surface area contributed by atoms with Crippen molar-refractivity contribution in [3.05, 3.63) is 17.2 Å². The Morgan fingerprint density at radius 3 is 2.81 bits per heavy atom. The van der Waals surface area contributed by atoms with E-state index < -0.39 is 0 Å². The first-order valence-corrected chi connectivity index (χ1v) is 6.59. The molecular formula is C14H22N2. The molecule has 1 aromatic rings. The third-order valence-corrected chi connectivity index (χ3v) is 4.43. The van der Waals surface area contributed by atoms with Gasteiger partial charge in [-0.1, -0.05) is 20.8 Å². The van der Waals surface area contributed by atoms with Crippen LogP contribution in [0.5, 0.6) is 0 Å². The lowest BCUT2D eigenvalue weighted by Crippen LogP contribution is -2.22. The van der Waals surface area contributed by atoms with Crippen LogP contribution in [-0.2, 0) is 18.3 Å². The quantitative estimate of drug-likeness (QED) is 0.653. The van der Waals surface area contributed by atoms with Gasteiger partial charge in [0, 0.05) is 23.6 Å². The van der Waals surface area contributed by atoms with Gasteiger partial charge in [-0.3, -0.25) is 0 Å². The summed E-state index contributed by atoms with van der Waals surface area (Å²) in [5.41, 5.74) is 3.24. The number of nitrogens with zero attached hydrogens (tertiary/aromatic N) is 2. The molecule has 1 aliphatic heterocycles. The predicted octanol–water partition coefficient (Wildman–Crippen LogP) is 3.25. The number of hydrogen-bond donors (Lipinski definition) is 0. The monoisotopic (exact) mass is 218 g/mol. The second kappa shape index (κ2) is 3.12. The Labute approximate surface area is 98.1 Å². The SMILES string of the molecule is CC1Cc2nc3c(n2C(C)C1)CCC3(C)C. The number of rotatable bonds is 0. The Morgan fingerprint density at radius 1 is 1.31 bits per heavy atom. The maximum Gasteiger partial charge on any atom is 0.109 e. The van der Waals surface area contributed by atoms with Crippen molar-refractivity contribution >= 4 is 0 Å². The van der Waals surface area contributed by atoms with Crippen molar-refractivity contribution in [2.75, 3.05) is 0 Å². The van der Waals surface area contributed by atoms with E-state index in [1.54, 1.807) is 5.69 Å². The van der Waals surface area contributed by atoms with Crippen LogP contribution in [0.25, 0.3) is 0 Å². The molecule has 0 spiro atoms. The fourth-order valence-electron chi connectivity index (χ4n) is 3.59. The molecule has 88 valence electrons. The van der Waals surface area contributed by atoms with Gasteiger partial charge in [0.1, 0.15) is 5.82 Å². The lowest BCUT2D eigenvalue weighted by molar-refractivity contribution is 0.335. The van der Waals surface area contributed by atoms with E-state index in [1.165, 1.54) is 37.2 Å². The minimum Gasteiger partial charge on any atom is -0.329 e. The van der Waals surface area contributed by atoms with Gasteiger partial charge in [-0.2, -0.15) is 0 Å². The molecule has 0 aromatic carbocycles. The van der Waals surface area contributed by atoms with Crippen molar-refractivity contribution in [2.24, 2.45) is 5.92 Å². The van der Waals surface area contributed by atoms with Gasteiger partial charge in [-0.15, -0.1) is 0 Å². The second-order valence-corrected chi connectivity index (χ2v) is 6.47. The lowest BCUT2D eigenvalue weighted by atomic mass is 9.91. The van der Waals surface area contributed by atoms with E-state index >= 15 is 0 Å². The highest BCUT2D eigenvalue weighted by Crippen LogP contribution is 2.42. The summed E-state index contributed by atoms with van der Waals surface area (Å²) in [7, 11) is 0. The summed E-state index contributed by atoms with van der Waals surface area (Å²) >= 11 is 0. The molecule has 1 aliphatic carbocycles. The summed E-state index contributed by atoms with van der Waals surface area (Å²) in [5.74, 6) is 2.15. The molecule has 2 unspecified atom stereocenters. The molecule has 2 heterocycles. The highest BCUT2D eigenvalue weighted by Gasteiger charge is 2.38. The fraction of sp³-hybridized carbons (Fsp3) is 0.786. The first-order valence-electron chi connectivity index (χ1n) is 6.59. The van der Waals surface area contributed by atoms with Crippen LogP contribution in [-0.4, -0.2) is 9.55 Å². The summed E-state index contributed by atoms with van der Waals surface area (Å²) in [4.78, 5) is 4.95. The van der Waals surface area contributed by atoms with Crippen molar-refractivity contribution in [3.8, 4) is 0 Å². The van der Waals surface area contributed by atoms with E-state index in [4.69, 9.17) is 4.98 Å². The predicted molar refractivity (Wildman–Crippen MR) is 65.8 cm³/mol. The van der Waals surface area contributed by atoms with Gasteiger partial charge in [0.25, 0.3) is 0 Å². The van der Waals surface area contributed by atoms with E-state index in [0.29, 0.717) is 11.5 Å². The third-order valence-electron chi connectivity index (χ3n) is 4.43. The molecular weight excluding hydrogens is 196 g/mol. The van der Waals surface area contributed by atoms with Gasteiger partial charge in [-0.25, -0.2) is 4.98 Å². The molecule has 2 aliphatic rings. The van der Waals surface area contributed by atoms with Crippen molar-refractivity contribution in [1.82, 2.24) is 9.55 Å². The van der Waals surface area contributed by atoms with Crippen LogP contribution >= 0.6 is 0 Å². The molecule has 0 bridgehead atoms. The van der Waals surface area contributed by atoms with E-state index in [1.807, 2.05) is 0 Å². The molecule has 2 heteroatoms. The van der Waals surface area contributed by atoms with Crippen molar-refractivity contribution in [2.45, 2.75) is 64.8 Å². The molecule has 16 heavy (non-hydrogen) atoms. The Hall–Kier alpha value is -0.790. The largest absolute Gasteiger partial charge is 0.329 e. The lowest BCUT2D eigenvalue weighted by Gasteiger charge is -2.28. The Bertz CT molecular complexity index is 428. The van der Waals surface area contributed by atoms with Crippen LogP contribution in [0, 0.1) is 5.92 Å². The van der Waals surface area contributed by atoms with Crippen molar-refractivity contribution < 1.29 is 0 Å². The van der Waals surface area contributed by atoms with Gasteiger partial charge in [0.2, 0.25) is 0 Å². The molecule has 1 aromatic heterocycles. The number of fused-ring (bicyclic) bond motifs is 3. The van der Waals surface area contributed by atoms with Crippen LogP contribution in [0.1, 0.15) is 63.8 Å². The van der Waals surface area contributed by atoms with Crippen LogP contribution in [0.2, 0.25) is 0 Å². The number of imidazole rings is 1. The Kier molecular flexibility index (Phi) is 2.02. The van der Waals surface area contributed by atoms with Crippen LogP contribution in [0.4, 0.5) is 0 Å². The minimum absolute atomic E-state index is 0.308. The molecule has 0 saturated heterocycles. The molecule has 0 N–H and O–H groups in total. The zero-order chi connectivity index (χ0) is 11.5. The van der Waals surface area contributed by atoms with E-state index in [-0.39, 0.29) is 0 Å². The standard InChI is InChI=1S/C14H22N2/c1-9-7-10(2)16-11-5-6-14(3,4)13(11)15-12(16)8-9/h9-10H,5-8H2,1-4H3. The average molecular weight is 218 g/mol. The van der Waals surface area contributed by atoms with Gasteiger partial charge >= 0.3 is 0 Å². The molecule has 0 amide bonds. The zero-order valence-electron chi connectivity index (χ0n) is 10.9. The minimum atomic E-state index is 0.308. The summed E-state index contributed by atoms with van der Waals surface area (Å²) < 4.78 is 2.55. The Morgan fingerprint density at radius 2 is 2.06 bits per heavy atom. The highest BCUT2D eigenvalue weighted by molar-refractivity contribution is 5.31. The van der Waals surface area contributed by atoms with Crippen molar-refractivity contribution in [3.63, 3.8) is 0 Å². The van der Waals surface area contributed by atoms with Crippen molar-refractivity contribution in [1.29, 1.82) is 0 Å². The summed E-state index contributed by atoms with van der Waals surface area (Å²) in [6, 6.07) is 0.656. The average Bonchev–Trinajstić information content (AvgIpc) is 2.65. The topological polar surface area (TPSA) is 17.8 Å². The highest BCUT2D eigenvalue weighted by atomic mass is 15.1. The fourth-order valence-corrected chi connectivity index (χ4v) is 3.59. The summed E-state index contributed by atoms with van der Waals surface area (Å²) in [6.45, 7) is 9.38. The smallest absolute Gasteiger partial charge is 0.109 e. The first-order chi connectivity index (χ1) is 7.49. The van der Waals surface area contributed by atoms with E-state index in [9.17, 15) is 0 Å². The second-order valence-electron chi connectivity index (χ2n) is 6.47. The molecule has 0 radical (unpaired) electrons. The first kappa shape index (κ1) is 10.4. The molecule has 2 nitrogen and oxygen atoms in total. The molecule has 3 rings (SSSR count). The normalized spacial score (nSPS) is 31.2. The van der Waals surface area contributed by atoms with Gasteiger partial charge in [0.05, 0.1) is 5.69 Å². The van der Waals surface area contributed by atoms with Crippen LogP contribution in [0.3, 0.4) is 0 Å². The molecule has 0 fully saturated rings. The number of hydrogen-bond acceptors (Lipinski definition) is 1. The Balaban J connectivity index is 2.13. The molecule has 2 atom stereocenters. The summed E-state index contributed by atoms with van der Waals surface area (Å²) in [6.07, 6.45) is 4.99. The molecule has 0 saturated carbocycles. The van der Waals surface area contributed by atoms with Crippen LogP contribution in [0.15, 0.2) is 0 Å². The zero-order valence-corrected chi connectivity index (χ0v) is 10.9.